The molecular weight excluding hydrogens is 136 g/mol. The van der Waals surface area contributed by atoms with Gasteiger partial charge in [-0.05, 0) is 6.92 Å². The van der Waals surface area contributed by atoms with E-state index in [1.54, 1.807) is 0 Å². The minimum atomic E-state index is -0.922. The summed E-state index contributed by atoms with van der Waals surface area (Å²) in [4.78, 5) is 0. The predicted octanol–water partition coefficient (Wildman–Crippen LogP) is -1.16. The van der Waals surface area contributed by atoms with Crippen molar-refractivity contribution in [2.45, 2.75) is 37.9 Å². The molecule has 0 saturated carbocycles. The van der Waals surface area contributed by atoms with Crippen LogP contribution in [-0.4, -0.2) is 39.9 Å². The number of hydrogen-bond acceptors (Lipinski definition) is 4. The molecule has 0 aromatic heterocycles. The van der Waals surface area contributed by atoms with Crippen molar-refractivity contribution in [2.75, 3.05) is 0 Å². The first kappa shape index (κ1) is 7.94. The Balaban J connectivity index is 2.46. The molecule has 4 atom stereocenters. The van der Waals surface area contributed by atoms with Gasteiger partial charge in [0.25, 0.3) is 0 Å². The minimum Gasteiger partial charge on any atom is -0.391 e. The van der Waals surface area contributed by atoms with E-state index in [1.807, 2.05) is 0 Å². The van der Waals surface area contributed by atoms with Crippen molar-refractivity contribution >= 4 is 0 Å². The first-order chi connectivity index (χ1) is 4.61. The van der Waals surface area contributed by atoms with Crippen molar-refractivity contribution in [3.05, 3.63) is 0 Å². The van der Waals surface area contributed by atoms with Crippen molar-refractivity contribution in [3.63, 3.8) is 0 Å². The SMILES string of the molecule is C[C@@H](O)[C@H]1O[C@@H](O)C[C@@H]1O. The average Bonchev–Trinajstić information content (AvgIpc) is 2.10. The summed E-state index contributed by atoms with van der Waals surface area (Å²) >= 11 is 0. The monoisotopic (exact) mass is 148 g/mol. The Bertz CT molecular complexity index is 114. The standard InChI is InChI=1S/C6H12O4/c1-3(7)6-4(8)2-5(9)10-6/h3-9H,2H2,1H3/t3-,4+,5-,6-/m1/s1. The fourth-order valence-electron chi connectivity index (χ4n) is 1.10. The molecule has 1 aliphatic rings. The van der Waals surface area contributed by atoms with E-state index >= 15 is 0 Å². The molecule has 0 radical (unpaired) electrons. The zero-order valence-electron chi connectivity index (χ0n) is 5.77. The summed E-state index contributed by atoms with van der Waals surface area (Å²) in [5.74, 6) is 0. The first-order valence-electron chi connectivity index (χ1n) is 3.31. The second kappa shape index (κ2) is 2.84. The molecule has 4 heteroatoms. The molecule has 0 bridgehead atoms. The van der Waals surface area contributed by atoms with E-state index in [0.29, 0.717) is 0 Å². The molecule has 0 aromatic rings. The second-order valence-electron chi connectivity index (χ2n) is 2.60. The molecule has 1 aliphatic heterocycles. The first-order valence-corrected chi connectivity index (χ1v) is 3.31. The van der Waals surface area contributed by atoms with Gasteiger partial charge in [-0.15, -0.1) is 0 Å². The summed E-state index contributed by atoms with van der Waals surface area (Å²) in [6.07, 6.45) is -2.83. The third-order valence-electron chi connectivity index (χ3n) is 1.61. The highest BCUT2D eigenvalue weighted by molar-refractivity contribution is 4.80. The Kier molecular flexibility index (Phi) is 2.25. The van der Waals surface area contributed by atoms with E-state index in [4.69, 9.17) is 20.1 Å². The Labute approximate surface area is 59.1 Å². The molecular formula is C6H12O4. The third-order valence-corrected chi connectivity index (χ3v) is 1.61. The molecule has 0 unspecified atom stereocenters. The molecule has 1 saturated heterocycles. The molecule has 60 valence electrons. The van der Waals surface area contributed by atoms with Gasteiger partial charge in [0.05, 0.1) is 12.2 Å². The Morgan fingerprint density at radius 2 is 2.10 bits per heavy atom. The lowest BCUT2D eigenvalue weighted by molar-refractivity contribution is -0.125. The van der Waals surface area contributed by atoms with E-state index in [2.05, 4.69) is 0 Å². The van der Waals surface area contributed by atoms with E-state index in [0.717, 1.165) is 0 Å². The predicted molar refractivity (Wildman–Crippen MR) is 33.2 cm³/mol. The number of aliphatic hydroxyl groups excluding tert-OH is 3. The Hall–Kier alpha value is -0.160. The van der Waals surface area contributed by atoms with Gasteiger partial charge >= 0.3 is 0 Å². The van der Waals surface area contributed by atoms with Gasteiger partial charge in [0.1, 0.15) is 6.10 Å². The summed E-state index contributed by atoms with van der Waals surface area (Å²) in [6.45, 7) is 1.52. The average molecular weight is 148 g/mol. The van der Waals surface area contributed by atoms with Gasteiger partial charge in [0, 0.05) is 6.42 Å². The van der Waals surface area contributed by atoms with Crippen LogP contribution in [0.3, 0.4) is 0 Å². The lowest BCUT2D eigenvalue weighted by Gasteiger charge is -2.15. The number of ether oxygens (including phenoxy) is 1. The summed E-state index contributed by atoms with van der Waals surface area (Å²) < 4.78 is 4.79. The Morgan fingerprint density at radius 1 is 1.50 bits per heavy atom. The molecule has 0 amide bonds. The number of rotatable bonds is 1. The molecule has 1 rings (SSSR count). The molecule has 3 N–H and O–H groups in total. The van der Waals surface area contributed by atoms with E-state index in [9.17, 15) is 0 Å². The molecule has 0 aliphatic carbocycles. The van der Waals surface area contributed by atoms with Crippen LogP contribution in [0.2, 0.25) is 0 Å². The molecule has 4 nitrogen and oxygen atoms in total. The van der Waals surface area contributed by atoms with Crippen LogP contribution in [0.1, 0.15) is 13.3 Å². The third kappa shape index (κ3) is 1.46. The maximum atomic E-state index is 9.08. The quantitative estimate of drug-likeness (QED) is 0.438. The summed E-state index contributed by atoms with van der Waals surface area (Å²) in [6, 6.07) is 0. The topological polar surface area (TPSA) is 69.9 Å². The highest BCUT2D eigenvalue weighted by Crippen LogP contribution is 2.20. The van der Waals surface area contributed by atoms with Crippen molar-refractivity contribution < 1.29 is 20.1 Å². The maximum absolute atomic E-state index is 9.08. The fourth-order valence-corrected chi connectivity index (χ4v) is 1.10. The van der Waals surface area contributed by atoms with Gasteiger partial charge < -0.3 is 20.1 Å². The zero-order chi connectivity index (χ0) is 7.72. The van der Waals surface area contributed by atoms with Gasteiger partial charge in [0.15, 0.2) is 6.29 Å². The van der Waals surface area contributed by atoms with Crippen LogP contribution < -0.4 is 0 Å². The molecule has 10 heavy (non-hydrogen) atoms. The summed E-state index contributed by atoms with van der Waals surface area (Å²) in [7, 11) is 0. The molecule has 1 fully saturated rings. The van der Waals surface area contributed by atoms with Gasteiger partial charge in [-0.25, -0.2) is 0 Å². The number of aliphatic hydroxyl groups is 3. The van der Waals surface area contributed by atoms with Gasteiger partial charge in [-0.3, -0.25) is 0 Å². The second-order valence-corrected chi connectivity index (χ2v) is 2.60. The van der Waals surface area contributed by atoms with E-state index in [-0.39, 0.29) is 6.42 Å². The van der Waals surface area contributed by atoms with Crippen molar-refractivity contribution in [1.82, 2.24) is 0 Å². The van der Waals surface area contributed by atoms with Crippen LogP contribution in [0.25, 0.3) is 0 Å². The van der Waals surface area contributed by atoms with Gasteiger partial charge in [-0.1, -0.05) is 0 Å². The van der Waals surface area contributed by atoms with Crippen molar-refractivity contribution in [3.8, 4) is 0 Å². The minimum absolute atomic E-state index is 0.190. The number of hydrogen-bond donors (Lipinski definition) is 3. The summed E-state index contributed by atoms with van der Waals surface area (Å²) in [5.41, 5.74) is 0. The van der Waals surface area contributed by atoms with Gasteiger partial charge in [0.2, 0.25) is 0 Å². The normalized spacial score (nSPS) is 43.8. The lowest BCUT2D eigenvalue weighted by Crippen LogP contribution is -2.32. The largest absolute Gasteiger partial charge is 0.391 e. The van der Waals surface area contributed by atoms with Crippen LogP contribution >= 0.6 is 0 Å². The lowest BCUT2D eigenvalue weighted by atomic mass is 10.1. The van der Waals surface area contributed by atoms with E-state index < -0.39 is 24.6 Å². The van der Waals surface area contributed by atoms with Crippen LogP contribution in [0.4, 0.5) is 0 Å². The van der Waals surface area contributed by atoms with Crippen LogP contribution in [0.5, 0.6) is 0 Å². The highest BCUT2D eigenvalue weighted by Gasteiger charge is 2.35. The van der Waals surface area contributed by atoms with Crippen LogP contribution in [-0.2, 0) is 4.74 Å². The smallest absolute Gasteiger partial charge is 0.157 e. The van der Waals surface area contributed by atoms with Crippen molar-refractivity contribution in [1.29, 1.82) is 0 Å². The highest BCUT2D eigenvalue weighted by atomic mass is 16.6. The van der Waals surface area contributed by atoms with Crippen LogP contribution in [0.15, 0.2) is 0 Å². The molecule has 1 heterocycles. The van der Waals surface area contributed by atoms with Gasteiger partial charge in [-0.2, -0.15) is 0 Å². The van der Waals surface area contributed by atoms with E-state index in [1.165, 1.54) is 6.92 Å². The maximum Gasteiger partial charge on any atom is 0.157 e. The Morgan fingerprint density at radius 3 is 2.30 bits per heavy atom. The molecule has 0 spiro atoms. The van der Waals surface area contributed by atoms with Crippen molar-refractivity contribution in [2.24, 2.45) is 0 Å². The summed E-state index contributed by atoms with van der Waals surface area (Å²) in [5, 5.41) is 26.9. The van der Waals surface area contributed by atoms with Crippen LogP contribution in [0, 0.1) is 0 Å². The fraction of sp³-hybridized carbons (Fsp3) is 1.00. The zero-order valence-corrected chi connectivity index (χ0v) is 5.77. The molecule has 0 aromatic carbocycles.